The zero-order valence-corrected chi connectivity index (χ0v) is 16.9. The van der Waals surface area contributed by atoms with Crippen LogP contribution in [-0.2, 0) is 29.1 Å². The van der Waals surface area contributed by atoms with Crippen LogP contribution in [0.4, 0.5) is 0 Å². The van der Waals surface area contributed by atoms with Crippen LogP contribution < -0.4 is 5.32 Å². The third-order valence-electron chi connectivity index (χ3n) is 5.09. The summed E-state index contributed by atoms with van der Waals surface area (Å²) in [5.41, 5.74) is 1.70. The lowest BCUT2D eigenvalue weighted by Gasteiger charge is -2.34. The summed E-state index contributed by atoms with van der Waals surface area (Å²) in [7, 11) is 0. The molecule has 1 unspecified atom stereocenters. The normalized spacial score (nSPS) is 16.1. The van der Waals surface area contributed by atoms with E-state index in [9.17, 15) is 9.59 Å². The maximum Gasteiger partial charge on any atom is 0.226 e. The van der Waals surface area contributed by atoms with Gasteiger partial charge in [-0.15, -0.1) is 0 Å². The molecular formula is C21H29N5O2. The highest BCUT2D eigenvalue weighted by Crippen LogP contribution is 2.26. The molecule has 3 rings (SSSR count). The van der Waals surface area contributed by atoms with Crippen molar-refractivity contribution in [3.8, 4) is 0 Å². The Morgan fingerprint density at radius 2 is 2.14 bits per heavy atom. The van der Waals surface area contributed by atoms with E-state index < -0.39 is 0 Å². The largest absolute Gasteiger partial charge is 0.352 e. The molecule has 0 fully saturated rings. The van der Waals surface area contributed by atoms with E-state index in [-0.39, 0.29) is 24.3 Å². The minimum Gasteiger partial charge on any atom is -0.352 e. The maximum absolute atomic E-state index is 12.5. The summed E-state index contributed by atoms with van der Waals surface area (Å²) in [5.74, 6) is 1.49. The number of imidazole rings is 1. The van der Waals surface area contributed by atoms with Gasteiger partial charge in [0.25, 0.3) is 0 Å². The van der Waals surface area contributed by atoms with Gasteiger partial charge < -0.3 is 14.8 Å². The van der Waals surface area contributed by atoms with Gasteiger partial charge in [-0.3, -0.25) is 14.6 Å². The van der Waals surface area contributed by atoms with Crippen LogP contribution in [0.25, 0.3) is 0 Å². The van der Waals surface area contributed by atoms with E-state index in [0.717, 1.165) is 30.0 Å². The third-order valence-corrected chi connectivity index (χ3v) is 5.09. The number of nitrogens with one attached hydrogen (secondary N) is 1. The van der Waals surface area contributed by atoms with Crippen molar-refractivity contribution in [1.82, 2.24) is 24.8 Å². The van der Waals surface area contributed by atoms with Gasteiger partial charge in [0.15, 0.2) is 0 Å². The first kappa shape index (κ1) is 20.0. The molecule has 0 aromatic carbocycles. The molecule has 7 heteroatoms. The van der Waals surface area contributed by atoms with E-state index in [4.69, 9.17) is 0 Å². The van der Waals surface area contributed by atoms with Crippen LogP contribution in [0.5, 0.6) is 0 Å². The fourth-order valence-corrected chi connectivity index (χ4v) is 3.46. The minimum atomic E-state index is -0.0724. The highest BCUT2D eigenvalue weighted by atomic mass is 16.2. The standard InChI is InChI=1S/C21H29N5O2/c1-15(2)6-7-20(28)26-10-9-25-14-18(24-21(25)16(26)3)11-19(27)23-13-17-5-4-8-22-12-17/h4-5,8,12,14-16H,6-7,9-11,13H2,1-3H3,(H,23,27). The molecule has 0 aliphatic carbocycles. The van der Waals surface area contributed by atoms with Gasteiger partial charge in [0, 0.05) is 44.6 Å². The molecule has 0 saturated carbocycles. The van der Waals surface area contributed by atoms with E-state index in [1.165, 1.54) is 0 Å². The predicted molar refractivity (Wildman–Crippen MR) is 106 cm³/mol. The second-order valence-corrected chi connectivity index (χ2v) is 7.79. The maximum atomic E-state index is 12.5. The molecule has 1 N–H and O–H groups in total. The van der Waals surface area contributed by atoms with Crippen LogP contribution in [-0.4, -0.2) is 37.8 Å². The zero-order chi connectivity index (χ0) is 20.1. The van der Waals surface area contributed by atoms with Crippen molar-refractivity contribution in [2.24, 2.45) is 5.92 Å². The third kappa shape index (κ3) is 4.97. The molecule has 2 aromatic rings. The molecular weight excluding hydrogens is 354 g/mol. The number of aromatic nitrogens is 3. The van der Waals surface area contributed by atoms with Crippen LogP contribution in [0.3, 0.4) is 0 Å². The molecule has 1 aliphatic heterocycles. The van der Waals surface area contributed by atoms with Gasteiger partial charge in [0.1, 0.15) is 5.82 Å². The Hall–Kier alpha value is -2.70. The van der Waals surface area contributed by atoms with Crippen LogP contribution in [0, 0.1) is 5.92 Å². The van der Waals surface area contributed by atoms with E-state index in [1.807, 2.05) is 30.2 Å². The van der Waals surface area contributed by atoms with Crippen molar-refractivity contribution in [2.45, 2.75) is 59.2 Å². The molecule has 28 heavy (non-hydrogen) atoms. The monoisotopic (exact) mass is 383 g/mol. The number of amides is 2. The summed E-state index contributed by atoms with van der Waals surface area (Å²) in [4.78, 5) is 35.4. The number of hydrogen-bond acceptors (Lipinski definition) is 4. The van der Waals surface area contributed by atoms with Crippen LogP contribution >= 0.6 is 0 Å². The van der Waals surface area contributed by atoms with Crippen LogP contribution in [0.15, 0.2) is 30.7 Å². The molecule has 0 saturated heterocycles. The first-order chi connectivity index (χ1) is 13.4. The second kappa shape index (κ2) is 8.99. The van der Waals surface area contributed by atoms with Gasteiger partial charge in [-0.05, 0) is 30.9 Å². The average Bonchev–Trinajstić information content (AvgIpc) is 3.09. The second-order valence-electron chi connectivity index (χ2n) is 7.79. The van der Waals surface area contributed by atoms with Gasteiger partial charge in [0.2, 0.25) is 11.8 Å². The number of rotatable bonds is 7. The lowest BCUT2D eigenvalue weighted by atomic mass is 10.1. The fourth-order valence-electron chi connectivity index (χ4n) is 3.46. The summed E-state index contributed by atoms with van der Waals surface area (Å²) < 4.78 is 2.07. The van der Waals surface area contributed by atoms with Gasteiger partial charge in [-0.1, -0.05) is 19.9 Å². The number of carbonyl (C=O) groups excluding carboxylic acids is 2. The lowest BCUT2D eigenvalue weighted by Crippen LogP contribution is -2.41. The van der Waals surface area contributed by atoms with Crippen LogP contribution in [0.1, 0.15) is 56.7 Å². The molecule has 1 aliphatic rings. The van der Waals surface area contributed by atoms with Crippen molar-refractivity contribution < 1.29 is 9.59 Å². The number of carbonyl (C=O) groups is 2. The fraction of sp³-hybridized carbons (Fsp3) is 0.524. The SMILES string of the molecule is CC(C)CCC(=O)N1CCn2cc(CC(=O)NCc3cccnc3)nc2C1C. The Morgan fingerprint density at radius 1 is 1.32 bits per heavy atom. The molecule has 150 valence electrons. The minimum absolute atomic E-state index is 0.0689. The number of pyridine rings is 1. The van der Waals surface area contributed by atoms with Crippen molar-refractivity contribution in [1.29, 1.82) is 0 Å². The smallest absolute Gasteiger partial charge is 0.226 e. The van der Waals surface area contributed by atoms with E-state index in [1.54, 1.807) is 12.4 Å². The Bertz CT molecular complexity index is 815. The summed E-state index contributed by atoms with van der Waals surface area (Å²) >= 11 is 0. The first-order valence-electron chi connectivity index (χ1n) is 9.95. The molecule has 3 heterocycles. The predicted octanol–water partition coefficient (Wildman–Crippen LogP) is 2.48. The van der Waals surface area contributed by atoms with Crippen molar-refractivity contribution in [3.05, 3.63) is 47.8 Å². The Kier molecular flexibility index (Phi) is 6.44. The van der Waals surface area contributed by atoms with Crippen LogP contribution in [0.2, 0.25) is 0 Å². The molecule has 0 spiro atoms. The molecule has 1 atom stereocenters. The molecule has 2 amide bonds. The number of fused-ring (bicyclic) bond motifs is 1. The summed E-state index contributed by atoms with van der Waals surface area (Å²) in [6.45, 7) is 8.13. The van der Waals surface area contributed by atoms with Gasteiger partial charge in [0.05, 0.1) is 18.2 Å². The quantitative estimate of drug-likeness (QED) is 0.796. The Balaban J connectivity index is 1.58. The van der Waals surface area contributed by atoms with Crippen molar-refractivity contribution >= 4 is 11.8 Å². The summed E-state index contributed by atoms with van der Waals surface area (Å²) in [5, 5.41) is 2.90. The summed E-state index contributed by atoms with van der Waals surface area (Å²) in [6.07, 6.45) is 7.09. The molecule has 7 nitrogen and oxygen atoms in total. The molecule has 2 aromatic heterocycles. The van der Waals surface area contributed by atoms with Gasteiger partial charge in [-0.25, -0.2) is 4.98 Å². The molecule has 0 radical (unpaired) electrons. The number of hydrogen-bond donors (Lipinski definition) is 1. The Morgan fingerprint density at radius 3 is 2.86 bits per heavy atom. The lowest BCUT2D eigenvalue weighted by molar-refractivity contribution is -0.134. The highest BCUT2D eigenvalue weighted by Gasteiger charge is 2.29. The zero-order valence-electron chi connectivity index (χ0n) is 16.9. The van der Waals surface area contributed by atoms with E-state index in [0.29, 0.717) is 25.4 Å². The highest BCUT2D eigenvalue weighted by molar-refractivity contribution is 5.78. The van der Waals surface area contributed by atoms with Gasteiger partial charge in [-0.2, -0.15) is 0 Å². The average molecular weight is 383 g/mol. The number of nitrogens with zero attached hydrogens (tertiary/aromatic N) is 4. The topological polar surface area (TPSA) is 80.1 Å². The van der Waals surface area contributed by atoms with Crippen molar-refractivity contribution in [3.63, 3.8) is 0 Å². The first-order valence-corrected chi connectivity index (χ1v) is 9.95. The van der Waals surface area contributed by atoms with E-state index in [2.05, 4.69) is 33.7 Å². The Labute approximate surface area is 166 Å². The van der Waals surface area contributed by atoms with Gasteiger partial charge >= 0.3 is 0 Å². The molecule has 0 bridgehead atoms. The van der Waals surface area contributed by atoms with E-state index >= 15 is 0 Å². The van der Waals surface area contributed by atoms with Crippen molar-refractivity contribution in [2.75, 3.05) is 6.54 Å². The summed E-state index contributed by atoms with van der Waals surface area (Å²) in [6, 6.07) is 3.70.